The number of halogens is 4. The molecular formula is C10H8BrF3O. The molecule has 1 aromatic rings. The van der Waals surface area contributed by atoms with E-state index in [-0.39, 0.29) is 22.2 Å². The molecule has 0 atom stereocenters. The first-order valence-corrected chi connectivity index (χ1v) is 5.05. The van der Waals surface area contributed by atoms with Gasteiger partial charge in [-0.1, -0.05) is 22.9 Å². The number of hydrogen-bond acceptors (Lipinski definition) is 1. The van der Waals surface area contributed by atoms with E-state index in [1.54, 1.807) is 6.92 Å². The van der Waals surface area contributed by atoms with Crippen LogP contribution in [0.5, 0.6) is 0 Å². The molecule has 1 nitrogen and oxygen atoms in total. The second-order valence-electron chi connectivity index (χ2n) is 2.97. The van der Waals surface area contributed by atoms with Crippen LogP contribution in [0.4, 0.5) is 13.2 Å². The highest BCUT2D eigenvalue weighted by Gasteiger charge is 2.31. The van der Waals surface area contributed by atoms with E-state index in [1.807, 2.05) is 0 Å². The van der Waals surface area contributed by atoms with Crippen LogP contribution in [0, 0.1) is 0 Å². The van der Waals surface area contributed by atoms with Gasteiger partial charge in [0.15, 0.2) is 5.78 Å². The molecule has 0 unspecified atom stereocenters. The van der Waals surface area contributed by atoms with Gasteiger partial charge in [0.05, 0.1) is 5.56 Å². The Labute approximate surface area is 93.4 Å². The van der Waals surface area contributed by atoms with Crippen molar-refractivity contribution in [1.82, 2.24) is 0 Å². The predicted octanol–water partition coefficient (Wildman–Crippen LogP) is 4.06. The summed E-state index contributed by atoms with van der Waals surface area (Å²) in [6.45, 7) is 1.66. The van der Waals surface area contributed by atoms with Crippen LogP contribution in [0.25, 0.3) is 0 Å². The van der Waals surface area contributed by atoms with Gasteiger partial charge in [0.25, 0.3) is 0 Å². The Kier molecular flexibility index (Phi) is 3.54. The fourth-order valence-corrected chi connectivity index (χ4v) is 1.71. The maximum atomic E-state index is 12.3. The molecule has 1 aromatic carbocycles. The first-order chi connectivity index (χ1) is 6.86. The molecule has 0 radical (unpaired) electrons. The minimum Gasteiger partial charge on any atom is -0.294 e. The van der Waals surface area contributed by atoms with Crippen molar-refractivity contribution in [2.45, 2.75) is 19.5 Å². The molecule has 0 aliphatic heterocycles. The number of Topliss-reactive ketones (excluding diaryl/α,β-unsaturated/α-hetero) is 1. The lowest BCUT2D eigenvalue weighted by molar-refractivity contribution is -0.137. The van der Waals surface area contributed by atoms with E-state index >= 15 is 0 Å². The minimum atomic E-state index is -4.38. The van der Waals surface area contributed by atoms with Crippen molar-refractivity contribution in [3.63, 3.8) is 0 Å². The van der Waals surface area contributed by atoms with Crippen molar-refractivity contribution in [2.75, 3.05) is 0 Å². The normalized spacial score (nSPS) is 11.5. The van der Waals surface area contributed by atoms with Crippen LogP contribution in [-0.4, -0.2) is 5.78 Å². The van der Waals surface area contributed by atoms with E-state index in [4.69, 9.17) is 0 Å². The number of rotatable bonds is 2. The van der Waals surface area contributed by atoms with Gasteiger partial charge in [0, 0.05) is 16.5 Å². The maximum Gasteiger partial charge on any atom is 0.416 e. The third-order valence-corrected chi connectivity index (χ3v) is 2.57. The van der Waals surface area contributed by atoms with E-state index in [2.05, 4.69) is 15.9 Å². The number of benzene rings is 1. The number of ketones is 1. The lowest BCUT2D eigenvalue weighted by Gasteiger charge is -2.08. The van der Waals surface area contributed by atoms with Crippen molar-refractivity contribution in [2.24, 2.45) is 0 Å². The first kappa shape index (κ1) is 12.2. The summed E-state index contributed by atoms with van der Waals surface area (Å²) in [4.78, 5) is 11.3. The molecule has 0 saturated carbocycles. The van der Waals surface area contributed by atoms with Crippen molar-refractivity contribution >= 4 is 21.7 Å². The monoisotopic (exact) mass is 280 g/mol. The second kappa shape index (κ2) is 4.35. The molecule has 5 heteroatoms. The highest BCUT2D eigenvalue weighted by Crippen LogP contribution is 2.32. The summed E-state index contributed by atoms with van der Waals surface area (Å²) in [6, 6.07) is 3.02. The van der Waals surface area contributed by atoms with Gasteiger partial charge < -0.3 is 0 Å². The van der Waals surface area contributed by atoms with Crippen molar-refractivity contribution in [3.05, 3.63) is 33.8 Å². The topological polar surface area (TPSA) is 17.1 Å². The zero-order valence-electron chi connectivity index (χ0n) is 7.86. The fourth-order valence-electron chi connectivity index (χ4n) is 1.11. The Balaban J connectivity index is 3.15. The van der Waals surface area contributed by atoms with E-state index in [1.165, 1.54) is 6.07 Å². The first-order valence-electron chi connectivity index (χ1n) is 4.26. The lowest BCUT2D eigenvalue weighted by Crippen LogP contribution is -2.06. The molecule has 0 saturated heterocycles. The molecule has 0 aliphatic rings. The van der Waals surface area contributed by atoms with Gasteiger partial charge in [0.1, 0.15) is 0 Å². The van der Waals surface area contributed by atoms with E-state index < -0.39 is 11.7 Å². The van der Waals surface area contributed by atoms with E-state index in [9.17, 15) is 18.0 Å². The molecular weight excluding hydrogens is 273 g/mol. The molecule has 0 aromatic heterocycles. The van der Waals surface area contributed by atoms with Gasteiger partial charge in [0.2, 0.25) is 0 Å². The minimum absolute atomic E-state index is 0.184. The number of carbonyl (C=O) groups is 1. The van der Waals surface area contributed by atoms with Crippen LogP contribution < -0.4 is 0 Å². The van der Waals surface area contributed by atoms with Crippen molar-refractivity contribution in [3.8, 4) is 0 Å². The SMILES string of the molecule is CCC(=O)c1ccc(C(F)(F)F)cc1Br. The molecule has 0 aliphatic carbocycles. The van der Waals surface area contributed by atoms with Gasteiger partial charge in [-0.05, 0) is 18.2 Å². The van der Waals surface area contributed by atoms with E-state index in [0.29, 0.717) is 0 Å². The summed E-state index contributed by atoms with van der Waals surface area (Å²) in [6.07, 6.45) is -4.11. The van der Waals surface area contributed by atoms with Crippen LogP contribution in [-0.2, 0) is 6.18 Å². The van der Waals surface area contributed by atoms with Gasteiger partial charge in [-0.3, -0.25) is 4.79 Å². The third-order valence-electron chi connectivity index (χ3n) is 1.92. The van der Waals surface area contributed by atoms with Crippen LogP contribution in [0.15, 0.2) is 22.7 Å². The average Bonchev–Trinajstić information content (AvgIpc) is 2.15. The Hall–Kier alpha value is -0.840. The average molecular weight is 281 g/mol. The molecule has 0 N–H and O–H groups in total. The molecule has 0 amide bonds. The van der Waals surface area contributed by atoms with Gasteiger partial charge >= 0.3 is 6.18 Å². The van der Waals surface area contributed by atoms with Crippen LogP contribution in [0.3, 0.4) is 0 Å². The Morgan fingerprint density at radius 1 is 1.40 bits per heavy atom. The highest BCUT2D eigenvalue weighted by molar-refractivity contribution is 9.10. The molecule has 15 heavy (non-hydrogen) atoms. The number of alkyl halides is 3. The standard InChI is InChI=1S/C10H8BrF3O/c1-2-9(15)7-4-3-6(5-8(7)11)10(12,13)14/h3-5H,2H2,1H3. The Morgan fingerprint density at radius 2 is 2.00 bits per heavy atom. The number of carbonyl (C=O) groups excluding carboxylic acids is 1. The van der Waals surface area contributed by atoms with Crippen molar-refractivity contribution in [1.29, 1.82) is 0 Å². The van der Waals surface area contributed by atoms with Crippen LogP contribution >= 0.6 is 15.9 Å². The lowest BCUT2D eigenvalue weighted by atomic mass is 10.1. The predicted molar refractivity (Wildman–Crippen MR) is 53.8 cm³/mol. The van der Waals surface area contributed by atoms with Gasteiger partial charge in [-0.2, -0.15) is 13.2 Å². The molecule has 0 heterocycles. The highest BCUT2D eigenvalue weighted by atomic mass is 79.9. The summed E-state index contributed by atoms with van der Waals surface area (Å²) in [5, 5.41) is 0. The van der Waals surface area contributed by atoms with Gasteiger partial charge in [-0.25, -0.2) is 0 Å². The van der Waals surface area contributed by atoms with E-state index in [0.717, 1.165) is 12.1 Å². The quantitative estimate of drug-likeness (QED) is 0.747. The Bertz CT molecular complexity index is 385. The smallest absolute Gasteiger partial charge is 0.294 e. The zero-order chi connectivity index (χ0) is 11.6. The summed E-state index contributed by atoms with van der Waals surface area (Å²) in [7, 11) is 0. The molecule has 0 bridgehead atoms. The second-order valence-corrected chi connectivity index (χ2v) is 3.82. The fraction of sp³-hybridized carbons (Fsp3) is 0.300. The van der Waals surface area contributed by atoms with Crippen LogP contribution in [0.1, 0.15) is 29.3 Å². The number of hydrogen-bond donors (Lipinski definition) is 0. The maximum absolute atomic E-state index is 12.3. The summed E-state index contributed by atoms with van der Waals surface area (Å²) in [5.41, 5.74) is -0.479. The molecule has 0 spiro atoms. The summed E-state index contributed by atoms with van der Waals surface area (Å²) >= 11 is 2.96. The van der Waals surface area contributed by atoms with Gasteiger partial charge in [-0.15, -0.1) is 0 Å². The third kappa shape index (κ3) is 2.81. The summed E-state index contributed by atoms with van der Waals surface area (Å²) < 4.78 is 37.0. The molecule has 1 rings (SSSR count). The Morgan fingerprint density at radius 3 is 2.40 bits per heavy atom. The molecule has 0 fully saturated rings. The van der Waals surface area contributed by atoms with Crippen LogP contribution in [0.2, 0.25) is 0 Å². The van der Waals surface area contributed by atoms with Crippen molar-refractivity contribution < 1.29 is 18.0 Å². The largest absolute Gasteiger partial charge is 0.416 e. The molecule has 82 valence electrons. The zero-order valence-corrected chi connectivity index (χ0v) is 9.45. The summed E-state index contributed by atoms with van der Waals surface area (Å²) in [5.74, 6) is -0.185.